The molecule has 3 nitrogen and oxygen atoms in total. The molecular formula is C15H17FN2O. The third kappa shape index (κ3) is 2.06. The molecule has 100 valence electrons. The van der Waals surface area contributed by atoms with Crippen LogP contribution >= 0.6 is 0 Å². The van der Waals surface area contributed by atoms with Crippen LogP contribution in [0.4, 0.5) is 4.39 Å². The minimum absolute atomic E-state index is 0.341. The van der Waals surface area contributed by atoms with E-state index in [0.717, 1.165) is 37.1 Å². The van der Waals surface area contributed by atoms with Gasteiger partial charge in [-0.05, 0) is 44.7 Å². The lowest BCUT2D eigenvalue weighted by Crippen LogP contribution is -2.10. The highest BCUT2D eigenvalue weighted by Gasteiger charge is 2.20. The fourth-order valence-corrected chi connectivity index (χ4v) is 2.83. The first kappa shape index (κ1) is 12.4. The maximum Gasteiger partial charge on any atom is 0.131 e. The van der Waals surface area contributed by atoms with Gasteiger partial charge in [0, 0.05) is 11.3 Å². The van der Waals surface area contributed by atoms with Crippen LogP contribution in [0, 0.1) is 5.82 Å². The Morgan fingerprint density at radius 1 is 1.32 bits per heavy atom. The summed E-state index contributed by atoms with van der Waals surface area (Å²) in [7, 11) is 0. The number of aliphatic hydroxyl groups is 1. The molecule has 1 aliphatic rings. The Hall–Kier alpha value is -1.68. The van der Waals surface area contributed by atoms with E-state index in [9.17, 15) is 9.50 Å². The topological polar surface area (TPSA) is 38.0 Å². The van der Waals surface area contributed by atoms with Crippen LogP contribution in [0.25, 0.3) is 5.69 Å². The maximum absolute atomic E-state index is 13.9. The molecular weight excluding hydrogens is 243 g/mol. The van der Waals surface area contributed by atoms with Gasteiger partial charge in [0.1, 0.15) is 5.82 Å². The molecule has 3 rings (SSSR count). The molecule has 0 bridgehead atoms. The molecule has 0 saturated carbocycles. The third-order valence-corrected chi connectivity index (χ3v) is 3.74. The number of hydrogen-bond acceptors (Lipinski definition) is 2. The van der Waals surface area contributed by atoms with Gasteiger partial charge in [-0.25, -0.2) is 9.37 Å². The zero-order valence-corrected chi connectivity index (χ0v) is 10.9. The quantitative estimate of drug-likeness (QED) is 0.901. The molecule has 4 heteroatoms. The summed E-state index contributed by atoms with van der Waals surface area (Å²) in [5.41, 5.74) is 3.30. The van der Waals surface area contributed by atoms with Gasteiger partial charge in [-0.15, -0.1) is 0 Å². The average molecular weight is 260 g/mol. The van der Waals surface area contributed by atoms with Crippen molar-refractivity contribution in [2.45, 2.75) is 38.7 Å². The Labute approximate surface area is 111 Å². The summed E-state index contributed by atoms with van der Waals surface area (Å²) < 4.78 is 15.9. The minimum Gasteiger partial charge on any atom is -0.389 e. The summed E-state index contributed by atoms with van der Waals surface area (Å²) in [4.78, 5) is 4.42. The van der Waals surface area contributed by atoms with Gasteiger partial charge < -0.3 is 9.67 Å². The Bertz CT molecular complexity index is 604. The highest BCUT2D eigenvalue weighted by Crippen LogP contribution is 2.29. The van der Waals surface area contributed by atoms with Crippen LogP contribution < -0.4 is 0 Å². The second-order valence-corrected chi connectivity index (χ2v) is 5.06. The molecule has 1 unspecified atom stereocenters. The van der Waals surface area contributed by atoms with Crippen molar-refractivity contribution in [3.8, 4) is 5.69 Å². The molecule has 2 aromatic rings. The molecule has 1 heterocycles. The molecule has 1 aromatic carbocycles. The van der Waals surface area contributed by atoms with Crippen molar-refractivity contribution in [1.29, 1.82) is 0 Å². The second kappa shape index (κ2) is 4.78. The van der Waals surface area contributed by atoms with Crippen molar-refractivity contribution in [3.05, 3.63) is 47.3 Å². The minimum atomic E-state index is -0.835. The largest absolute Gasteiger partial charge is 0.389 e. The first-order chi connectivity index (χ1) is 9.18. The number of aryl methyl sites for hydroxylation is 1. The van der Waals surface area contributed by atoms with Crippen LogP contribution in [0.1, 0.15) is 42.8 Å². The summed E-state index contributed by atoms with van der Waals surface area (Å²) in [6.45, 7) is 1.59. The number of benzene rings is 1. The van der Waals surface area contributed by atoms with Crippen LogP contribution in [0.5, 0.6) is 0 Å². The SMILES string of the molecule is CC(O)c1c(F)cccc1-n1cnc2c1CCCC2. The van der Waals surface area contributed by atoms with Gasteiger partial charge in [0.15, 0.2) is 0 Å². The van der Waals surface area contributed by atoms with Crippen molar-refractivity contribution in [2.24, 2.45) is 0 Å². The van der Waals surface area contributed by atoms with Gasteiger partial charge >= 0.3 is 0 Å². The number of fused-ring (bicyclic) bond motifs is 1. The number of rotatable bonds is 2. The zero-order valence-electron chi connectivity index (χ0n) is 10.9. The van der Waals surface area contributed by atoms with E-state index in [-0.39, 0.29) is 5.82 Å². The Morgan fingerprint density at radius 2 is 2.11 bits per heavy atom. The molecule has 19 heavy (non-hydrogen) atoms. The summed E-state index contributed by atoms with van der Waals surface area (Å²) in [6, 6.07) is 4.89. The first-order valence-corrected chi connectivity index (χ1v) is 6.70. The smallest absolute Gasteiger partial charge is 0.131 e. The lowest BCUT2D eigenvalue weighted by Gasteiger charge is -2.18. The average Bonchev–Trinajstić information content (AvgIpc) is 2.81. The van der Waals surface area contributed by atoms with E-state index in [1.165, 1.54) is 6.07 Å². The number of imidazole rings is 1. The van der Waals surface area contributed by atoms with E-state index >= 15 is 0 Å². The van der Waals surface area contributed by atoms with Gasteiger partial charge in [0.2, 0.25) is 0 Å². The molecule has 0 radical (unpaired) electrons. The van der Waals surface area contributed by atoms with E-state index in [4.69, 9.17) is 0 Å². The lowest BCUT2D eigenvalue weighted by molar-refractivity contribution is 0.194. The summed E-state index contributed by atoms with van der Waals surface area (Å²) in [5, 5.41) is 9.81. The Morgan fingerprint density at radius 3 is 2.89 bits per heavy atom. The van der Waals surface area contributed by atoms with Crippen molar-refractivity contribution in [3.63, 3.8) is 0 Å². The van der Waals surface area contributed by atoms with Gasteiger partial charge in [-0.3, -0.25) is 0 Å². The molecule has 0 fully saturated rings. The number of aromatic nitrogens is 2. The van der Waals surface area contributed by atoms with E-state index in [1.807, 2.05) is 10.6 Å². The normalized spacial score (nSPS) is 16.2. The van der Waals surface area contributed by atoms with Crippen LogP contribution in [-0.4, -0.2) is 14.7 Å². The van der Waals surface area contributed by atoms with Crippen LogP contribution in [-0.2, 0) is 12.8 Å². The van der Waals surface area contributed by atoms with Gasteiger partial charge in [-0.2, -0.15) is 0 Å². The molecule has 1 N–H and O–H groups in total. The van der Waals surface area contributed by atoms with Crippen LogP contribution in [0.15, 0.2) is 24.5 Å². The molecule has 1 aromatic heterocycles. The van der Waals surface area contributed by atoms with Crippen molar-refractivity contribution in [2.75, 3.05) is 0 Å². The van der Waals surface area contributed by atoms with Crippen LogP contribution in [0.2, 0.25) is 0 Å². The predicted molar refractivity (Wildman–Crippen MR) is 70.8 cm³/mol. The van der Waals surface area contributed by atoms with Crippen molar-refractivity contribution in [1.82, 2.24) is 9.55 Å². The van der Waals surface area contributed by atoms with Gasteiger partial charge in [-0.1, -0.05) is 6.07 Å². The highest BCUT2D eigenvalue weighted by atomic mass is 19.1. The zero-order chi connectivity index (χ0) is 13.4. The molecule has 1 atom stereocenters. The van der Waals surface area contributed by atoms with Crippen molar-refractivity contribution >= 4 is 0 Å². The molecule has 0 amide bonds. The monoisotopic (exact) mass is 260 g/mol. The van der Waals surface area contributed by atoms with Gasteiger partial charge in [0.05, 0.1) is 23.8 Å². The molecule has 0 spiro atoms. The Kier molecular flexibility index (Phi) is 3.11. The molecule has 1 aliphatic carbocycles. The summed E-state index contributed by atoms with van der Waals surface area (Å²) in [5.74, 6) is -0.370. The van der Waals surface area contributed by atoms with Crippen molar-refractivity contribution < 1.29 is 9.50 Å². The predicted octanol–water partition coefficient (Wildman–Crippen LogP) is 2.94. The van der Waals surface area contributed by atoms with E-state index in [0.29, 0.717) is 11.3 Å². The van der Waals surface area contributed by atoms with E-state index in [2.05, 4.69) is 4.98 Å². The van der Waals surface area contributed by atoms with Crippen LogP contribution in [0.3, 0.4) is 0 Å². The number of aliphatic hydroxyl groups excluding tert-OH is 1. The second-order valence-electron chi connectivity index (χ2n) is 5.06. The number of halogens is 1. The first-order valence-electron chi connectivity index (χ1n) is 6.70. The maximum atomic E-state index is 13.9. The standard InChI is InChI=1S/C15H17FN2O/c1-10(19)15-11(16)5-4-8-14(15)18-9-17-12-6-2-3-7-13(12)18/h4-5,8-10,19H,2-3,6-7H2,1H3. The van der Waals surface area contributed by atoms with E-state index < -0.39 is 6.10 Å². The summed E-state index contributed by atoms with van der Waals surface area (Å²) >= 11 is 0. The Balaban J connectivity index is 2.17. The molecule has 0 aliphatic heterocycles. The number of nitrogens with zero attached hydrogens (tertiary/aromatic N) is 2. The lowest BCUT2D eigenvalue weighted by atomic mass is 10.0. The fourth-order valence-electron chi connectivity index (χ4n) is 2.83. The fraction of sp³-hybridized carbons (Fsp3) is 0.400. The summed E-state index contributed by atoms with van der Waals surface area (Å²) in [6.07, 6.45) is 5.16. The van der Waals surface area contributed by atoms with E-state index in [1.54, 1.807) is 19.3 Å². The highest BCUT2D eigenvalue weighted by molar-refractivity contribution is 5.45. The third-order valence-electron chi connectivity index (χ3n) is 3.74. The number of hydrogen-bond donors (Lipinski definition) is 1. The molecule has 0 saturated heterocycles. The van der Waals surface area contributed by atoms with Gasteiger partial charge in [0.25, 0.3) is 0 Å².